The number of aromatic amines is 2. The van der Waals surface area contributed by atoms with E-state index in [1.165, 1.54) is 0 Å². The molecule has 3 N–H and O–H groups in total. The molecule has 0 fully saturated rings. The molecule has 1 aromatic carbocycles. The monoisotopic (exact) mass is 479 g/mol. The first-order valence-electron chi connectivity index (χ1n) is 11.2. The standard InChI is InChI=1S/C26H21N7OS/c1-14(2)26(34)29-17-10-16(12-27-13-17)15-5-6-19-18(11-15)22(33-32-19)25-30-20-7-8-28-24(23(20)31-25)21-4-3-9-35-21/h3-14H,1-2H3,(H,29,34)(H,30,31)(H,32,33). The Bertz CT molecular complexity index is 1680. The number of carbonyl (C=O) groups is 1. The van der Waals surface area contributed by atoms with Crippen molar-refractivity contribution in [3.8, 4) is 33.2 Å². The topological polar surface area (TPSA) is 112 Å². The first-order chi connectivity index (χ1) is 17.1. The van der Waals surface area contributed by atoms with Gasteiger partial charge in [0.05, 0.1) is 27.8 Å². The van der Waals surface area contributed by atoms with E-state index in [-0.39, 0.29) is 11.8 Å². The zero-order valence-corrected chi connectivity index (χ0v) is 19.9. The van der Waals surface area contributed by atoms with E-state index in [1.54, 1.807) is 29.9 Å². The molecule has 0 atom stereocenters. The largest absolute Gasteiger partial charge is 0.336 e. The van der Waals surface area contributed by atoms with Gasteiger partial charge in [-0.15, -0.1) is 11.3 Å². The maximum atomic E-state index is 12.1. The third-order valence-electron chi connectivity index (χ3n) is 5.81. The van der Waals surface area contributed by atoms with E-state index in [9.17, 15) is 4.79 Å². The van der Waals surface area contributed by atoms with E-state index in [0.29, 0.717) is 11.5 Å². The van der Waals surface area contributed by atoms with Crippen LogP contribution in [0.3, 0.4) is 0 Å². The maximum absolute atomic E-state index is 12.1. The third-order valence-corrected chi connectivity index (χ3v) is 6.68. The van der Waals surface area contributed by atoms with Gasteiger partial charge in [-0.1, -0.05) is 26.0 Å². The van der Waals surface area contributed by atoms with Crippen molar-refractivity contribution in [2.24, 2.45) is 5.92 Å². The first-order valence-corrected chi connectivity index (χ1v) is 12.1. The number of amides is 1. The molecule has 6 rings (SSSR count). The summed E-state index contributed by atoms with van der Waals surface area (Å²) in [7, 11) is 0. The van der Waals surface area contributed by atoms with Gasteiger partial charge in [0, 0.05) is 29.3 Å². The molecule has 0 bridgehead atoms. The third kappa shape index (κ3) is 3.85. The Morgan fingerprint density at radius 1 is 1.03 bits per heavy atom. The van der Waals surface area contributed by atoms with Crippen LogP contribution in [-0.2, 0) is 4.79 Å². The van der Waals surface area contributed by atoms with Crippen LogP contribution in [0.25, 0.3) is 55.2 Å². The Balaban J connectivity index is 1.41. The molecule has 9 heteroatoms. The van der Waals surface area contributed by atoms with Gasteiger partial charge in [0.2, 0.25) is 5.91 Å². The van der Waals surface area contributed by atoms with E-state index in [0.717, 1.165) is 49.3 Å². The zero-order chi connectivity index (χ0) is 23.9. The number of benzene rings is 1. The minimum atomic E-state index is -0.108. The highest BCUT2D eigenvalue weighted by Crippen LogP contribution is 2.33. The van der Waals surface area contributed by atoms with Gasteiger partial charge >= 0.3 is 0 Å². The Morgan fingerprint density at radius 3 is 2.77 bits per heavy atom. The smallest absolute Gasteiger partial charge is 0.226 e. The van der Waals surface area contributed by atoms with Crippen molar-refractivity contribution in [1.29, 1.82) is 0 Å². The highest BCUT2D eigenvalue weighted by atomic mass is 32.1. The molecule has 0 unspecified atom stereocenters. The second-order valence-corrected chi connectivity index (χ2v) is 9.50. The van der Waals surface area contributed by atoms with Crippen LogP contribution in [0.5, 0.6) is 0 Å². The molecule has 8 nitrogen and oxygen atoms in total. The number of imidazole rings is 1. The average Bonchev–Trinajstić information content (AvgIpc) is 3.62. The second-order valence-electron chi connectivity index (χ2n) is 8.56. The van der Waals surface area contributed by atoms with Gasteiger partial charge in [-0.25, -0.2) is 4.98 Å². The van der Waals surface area contributed by atoms with Crippen molar-refractivity contribution in [3.05, 3.63) is 66.4 Å². The van der Waals surface area contributed by atoms with Crippen molar-refractivity contribution in [1.82, 2.24) is 30.1 Å². The molecule has 1 amide bonds. The van der Waals surface area contributed by atoms with Gasteiger partial charge in [0.25, 0.3) is 0 Å². The van der Waals surface area contributed by atoms with Crippen LogP contribution in [0.4, 0.5) is 5.69 Å². The Morgan fingerprint density at radius 2 is 1.94 bits per heavy atom. The van der Waals surface area contributed by atoms with E-state index in [4.69, 9.17) is 4.98 Å². The fraction of sp³-hybridized carbons (Fsp3) is 0.115. The number of pyridine rings is 2. The number of hydrogen-bond acceptors (Lipinski definition) is 6. The fourth-order valence-electron chi connectivity index (χ4n) is 3.97. The normalized spacial score (nSPS) is 11.5. The predicted octanol–water partition coefficient (Wildman–Crippen LogP) is 5.89. The van der Waals surface area contributed by atoms with Gasteiger partial charge in [-0.3, -0.25) is 19.9 Å². The van der Waals surface area contributed by atoms with Crippen LogP contribution in [0, 0.1) is 5.92 Å². The van der Waals surface area contributed by atoms with Gasteiger partial charge in [0.1, 0.15) is 16.9 Å². The van der Waals surface area contributed by atoms with Crippen molar-refractivity contribution in [2.75, 3.05) is 5.32 Å². The summed E-state index contributed by atoms with van der Waals surface area (Å²) in [5.74, 6) is 0.519. The number of thiophene rings is 1. The SMILES string of the molecule is CC(C)C(=O)Nc1cncc(-c2ccc3[nH]nc(-c4nc5c(-c6cccs6)nccc5[nH]4)c3c2)c1. The average molecular weight is 480 g/mol. The summed E-state index contributed by atoms with van der Waals surface area (Å²) in [5.41, 5.74) is 6.73. The fourth-order valence-corrected chi connectivity index (χ4v) is 4.69. The number of anilines is 1. The lowest BCUT2D eigenvalue weighted by Gasteiger charge is -2.09. The predicted molar refractivity (Wildman–Crippen MR) is 139 cm³/mol. The number of rotatable bonds is 5. The number of hydrogen-bond donors (Lipinski definition) is 3. The summed E-state index contributed by atoms with van der Waals surface area (Å²) in [6.45, 7) is 3.72. The van der Waals surface area contributed by atoms with E-state index in [1.807, 2.05) is 55.6 Å². The van der Waals surface area contributed by atoms with Crippen molar-refractivity contribution >= 4 is 44.9 Å². The number of nitrogens with zero attached hydrogens (tertiary/aromatic N) is 4. The maximum Gasteiger partial charge on any atom is 0.226 e. The highest BCUT2D eigenvalue weighted by Gasteiger charge is 2.17. The molecule has 5 aromatic heterocycles. The summed E-state index contributed by atoms with van der Waals surface area (Å²) in [6, 6.07) is 14.0. The van der Waals surface area contributed by atoms with Crippen molar-refractivity contribution in [2.45, 2.75) is 13.8 Å². The Labute approximate surface area is 204 Å². The van der Waals surface area contributed by atoms with Crippen LogP contribution in [0.2, 0.25) is 0 Å². The summed E-state index contributed by atoms with van der Waals surface area (Å²) in [5, 5.41) is 13.5. The quantitative estimate of drug-likeness (QED) is 0.286. The van der Waals surface area contributed by atoms with E-state index in [2.05, 4.69) is 36.5 Å². The number of carbonyl (C=O) groups excluding carboxylic acids is 1. The molecule has 0 saturated heterocycles. The van der Waals surface area contributed by atoms with Crippen LogP contribution >= 0.6 is 11.3 Å². The number of H-pyrrole nitrogens is 2. The van der Waals surface area contributed by atoms with Gasteiger partial charge in [-0.2, -0.15) is 5.10 Å². The lowest BCUT2D eigenvalue weighted by Crippen LogP contribution is -2.17. The minimum Gasteiger partial charge on any atom is -0.336 e. The lowest BCUT2D eigenvalue weighted by molar-refractivity contribution is -0.118. The van der Waals surface area contributed by atoms with Crippen molar-refractivity contribution in [3.63, 3.8) is 0 Å². The van der Waals surface area contributed by atoms with Crippen LogP contribution in [-0.4, -0.2) is 36.0 Å². The molecular formula is C26H21N7OS. The molecule has 0 aliphatic carbocycles. The van der Waals surface area contributed by atoms with E-state index >= 15 is 0 Å². The number of fused-ring (bicyclic) bond motifs is 2. The molecule has 0 aliphatic rings. The number of aromatic nitrogens is 6. The summed E-state index contributed by atoms with van der Waals surface area (Å²) < 4.78 is 0. The molecule has 35 heavy (non-hydrogen) atoms. The molecule has 5 heterocycles. The lowest BCUT2D eigenvalue weighted by atomic mass is 10.0. The summed E-state index contributed by atoms with van der Waals surface area (Å²) in [6.07, 6.45) is 5.23. The molecular weight excluding hydrogens is 458 g/mol. The van der Waals surface area contributed by atoms with Crippen LogP contribution in [0.1, 0.15) is 13.8 Å². The molecule has 0 radical (unpaired) electrons. The van der Waals surface area contributed by atoms with Gasteiger partial charge in [-0.05, 0) is 41.3 Å². The number of nitrogens with one attached hydrogen (secondary N) is 3. The first kappa shape index (κ1) is 21.2. The Hall–Kier alpha value is -4.37. The molecule has 172 valence electrons. The Kier molecular flexibility index (Phi) is 5.11. The van der Waals surface area contributed by atoms with Crippen LogP contribution < -0.4 is 5.32 Å². The molecule has 0 saturated carbocycles. The zero-order valence-electron chi connectivity index (χ0n) is 19.0. The molecule has 0 spiro atoms. The summed E-state index contributed by atoms with van der Waals surface area (Å²) in [4.78, 5) is 30.3. The summed E-state index contributed by atoms with van der Waals surface area (Å²) >= 11 is 1.64. The van der Waals surface area contributed by atoms with Gasteiger partial charge < -0.3 is 10.3 Å². The molecule has 6 aromatic rings. The van der Waals surface area contributed by atoms with Crippen LogP contribution in [0.15, 0.2) is 66.4 Å². The molecule has 0 aliphatic heterocycles. The minimum absolute atomic E-state index is 0.0437. The second kappa shape index (κ2) is 8.44. The van der Waals surface area contributed by atoms with E-state index < -0.39 is 0 Å². The van der Waals surface area contributed by atoms with Gasteiger partial charge in [0.15, 0.2) is 5.82 Å². The highest BCUT2D eigenvalue weighted by molar-refractivity contribution is 7.13. The van der Waals surface area contributed by atoms with Crippen molar-refractivity contribution < 1.29 is 4.79 Å².